The zero-order valence-electron chi connectivity index (χ0n) is 82.7. The Morgan fingerprint density at radius 1 is 0.227 bits per heavy atom. The van der Waals surface area contributed by atoms with Crippen LogP contribution in [0.25, 0.3) is 168 Å². The molecule has 0 aliphatic heterocycles. The van der Waals surface area contributed by atoms with Crippen molar-refractivity contribution in [3.05, 3.63) is 594 Å². The molecule has 0 aliphatic carbocycles. The quantitative estimate of drug-likeness (QED) is 0.0919. The topological polar surface area (TPSA) is 136 Å². The summed E-state index contributed by atoms with van der Waals surface area (Å²) in [7, 11) is 0. The van der Waals surface area contributed by atoms with Gasteiger partial charge in [-0.3, -0.25) is 18.7 Å². The predicted octanol–water partition coefficient (Wildman–Crippen LogP) is 32.0. The second-order valence-electron chi connectivity index (χ2n) is 34.1. The van der Waals surface area contributed by atoms with Gasteiger partial charge in [0.1, 0.15) is 11.2 Å². The molecule has 0 aliphatic rings. The van der Waals surface area contributed by atoms with E-state index in [0.717, 1.165) is 118 Å². The maximum absolute atomic E-state index is 5.99. The summed E-state index contributed by atoms with van der Waals surface area (Å²) in [4.78, 5) is 16.9. The molecule has 16 aromatic carbocycles. The van der Waals surface area contributed by atoms with Gasteiger partial charge in [-0.2, -0.15) is 93.2 Å². The molecular formula is C133H100Ir4N12O-8. The molecule has 742 valence electrons. The number of hydrogen-bond donors (Lipinski definition) is 0. The number of aromatic nitrogens is 12. The minimum atomic E-state index is 0. The first-order chi connectivity index (χ1) is 72.0. The fourth-order valence-corrected chi connectivity index (χ4v) is 16.6. The molecule has 9 heterocycles. The molecule has 0 N–H and O–H groups in total. The predicted molar refractivity (Wildman–Crippen MR) is 593 cm³/mol. The summed E-state index contributed by atoms with van der Waals surface area (Å²) in [5.74, 6) is 0. The van der Waals surface area contributed by atoms with Crippen LogP contribution in [0.4, 0.5) is 0 Å². The monoisotopic (exact) mass is 2650 g/mol. The van der Waals surface area contributed by atoms with E-state index in [2.05, 4.69) is 341 Å². The van der Waals surface area contributed by atoms with E-state index in [9.17, 15) is 0 Å². The molecule has 0 atom stereocenters. The van der Waals surface area contributed by atoms with Crippen molar-refractivity contribution >= 4 is 21.9 Å². The van der Waals surface area contributed by atoms with Crippen LogP contribution in [0.3, 0.4) is 0 Å². The van der Waals surface area contributed by atoms with Crippen LogP contribution in [0.15, 0.2) is 521 Å². The summed E-state index contributed by atoms with van der Waals surface area (Å²) in [5.41, 5.74) is 36.4. The smallest absolute Gasteiger partial charge is 0.135 e. The van der Waals surface area contributed by atoms with Gasteiger partial charge in [0, 0.05) is 159 Å². The van der Waals surface area contributed by atoms with Crippen LogP contribution in [0.1, 0.15) is 28.1 Å². The number of para-hydroxylation sites is 1. The Bertz CT molecular complexity index is 8010. The Morgan fingerprint density at radius 2 is 0.560 bits per heavy atom. The van der Waals surface area contributed by atoms with Crippen molar-refractivity contribution in [3.8, 4) is 146 Å². The molecule has 0 saturated carbocycles. The fraction of sp³-hybridized carbons (Fsp3) is 0.0376. The minimum Gasteiger partial charge on any atom is -0.456 e. The van der Waals surface area contributed by atoms with Gasteiger partial charge in [0.25, 0.3) is 0 Å². The number of benzene rings is 16. The second kappa shape index (κ2) is 55.8. The van der Waals surface area contributed by atoms with Crippen molar-refractivity contribution in [1.29, 1.82) is 0 Å². The number of pyridine rings is 4. The van der Waals surface area contributed by atoms with Crippen LogP contribution in [-0.2, 0) is 80.4 Å². The van der Waals surface area contributed by atoms with Crippen LogP contribution < -0.4 is 0 Å². The molecule has 150 heavy (non-hydrogen) atoms. The molecule has 0 saturated heterocycles. The van der Waals surface area contributed by atoms with Gasteiger partial charge < -0.3 is 24.4 Å². The van der Waals surface area contributed by atoms with E-state index in [4.69, 9.17) is 4.42 Å². The molecule has 0 bridgehead atoms. The van der Waals surface area contributed by atoms with Crippen LogP contribution >= 0.6 is 0 Å². The normalized spacial score (nSPS) is 10.2. The second-order valence-corrected chi connectivity index (χ2v) is 34.1. The molecule has 0 amide bonds. The van der Waals surface area contributed by atoms with Crippen molar-refractivity contribution in [2.24, 2.45) is 0 Å². The molecule has 4 radical (unpaired) electrons. The van der Waals surface area contributed by atoms with Gasteiger partial charge in [-0.05, 0) is 207 Å². The van der Waals surface area contributed by atoms with E-state index in [0.29, 0.717) is 0 Å². The number of nitrogens with zero attached hydrogens (tertiary/aromatic N) is 12. The Morgan fingerprint density at radius 3 is 0.933 bits per heavy atom. The van der Waals surface area contributed by atoms with Gasteiger partial charge >= 0.3 is 0 Å². The van der Waals surface area contributed by atoms with Gasteiger partial charge in [0.15, 0.2) is 0 Å². The zero-order chi connectivity index (χ0) is 99.6. The third-order valence-corrected chi connectivity index (χ3v) is 23.8. The van der Waals surface area contributed by atoms with E-state index >= 15 is 0 Å². The summed E-state index contributed by atoms with van der Waals surface area (Å²) in [6.07, 6.45) is 18.3. The van der Waals surface area contributed by atoms with Crippen molar-refractivity contribution in [3.63, 3.8) is 0 Å². The number of furan rings is 1. The van der Waals surface area contributed by atoms with E-state index in [1.165, 1.54) is 77.9 Å². The van der Waals surface area contributed by atoms with E-state index in [1.54, 1.807) is 43.4 Å². The number of aryl methyl sites for hydroxylation is 5. The molecule has 13 nitrogen and oxygen atoms in total. The summed E-state index contributed by atoms with van der Waals surface area (Å²) >= 11 is 0. The third kappa shape index (κ3) is 29.7. The third-order valence-electron chi connectivity index (χ3n) is 23.8. The van der Waals surface area contributed by atoms with Gasteiger partial charge in [-0.15, -0.1) is 190 Å². The van der Waals surface area contributed by atoms with Gasteiger partial charge in [-0.25, -0.2) is 0 Å². The molecule has 25 rings (SSSR count). The number of hydrogen-bond acceptors (Lipinski definition) is 9. The maximum atomic E-state index is 5.99. The van der Waals surface area contributed by atoms with Crippen molar-refractivity contribution in [2.75, 3.05) is 0 Å². The molecule has 0 unspecified atom stereocenters. The minimum absolute atomic E-state index is 0. The first kappa shape index (κ1) is 109. The fourth-order valence-electron chi connectivity index (χ4n) is 16.6. The average molecular weight is 2650 g/mol. The standard InChI is InChI=1S/2C23H19N2.C21H13N2O.C21H15N2.C12H10N.3C11H8N.4Ir/c1-17-14-21(19-8-4-3-5-9-19)15-18(2)23(17)20-10-6-11-22(16-20)25-13-7-12-24-25;1-17-15-18(2)25(24-17)23-10-6-9-22(16-23)21-13-11-20(12-14-21)19-7-4-3-5-8-19;1-2-8-20-18(7-1)19-10-9-16(14-21(19)24-20)15-5-3-6-17(13-15)23-12-4-11-22-23;1-2-6-17(7-3-1)18-10-12-19(13-11-18)20-8-4-9-21(16-20)23-15-5-14-22-23;1-10-5-7-11(8-6-10)12-4-2-3-9-13-12;3*1-2-6-10(7-3-1)11-8-4-5-9-12-11;;;;/h3-10,12-16H,1-2H3;3-9,11-16H,1-2H3;1-5,7-14H;1-8,10-16H;2-7,9H,1H3;3*1-6,8-9H;;;;/q8*-1;;;;. The Kier molecular flexibility index (Phi) is 40.6. The van der Waals surface area contributed by atoms with Crippen molar-refractivity contribution in [2.45, 2.75) is 34.6 Å². The van der Waals surface area contributed by atoms with Gasteiger partial charge in [0.05, 0.1) is 5.69 Å². The van der Waals surface area contributed by atoms with E-state index < -0.39 is 0 Å². The van der Waals surface area contributed by atoms with Crippen molar-refractivity contribution < 1.29 is 84.8 Å². The first-order valence-electron chi connectivity index (χ1n) is 48.0. The van der Waals surface area contributed by atoms with Crippen molar-refractivity contribution in [1.82, 2.24) is 59.1 Å². The van der Waals surface area contributed by atoms with Crippen LogP contribution in [0, 0.1) is 83.1 Å². The molecule has 0 fully saturated rings. The zero-order valence-corrected chi connectivity index (χ0v) is 92.3. The number of rotatable bonds is 15. The van der Waals surface area contributed by atoms with Gasteiger partial charge in [0.2, 0.25) is 0 Å². The van der Waals surface area contributed by atoms with E-state index in [-0.39, 0.29) is 80.4 Å². The van der Waals surface area contributed by atoms with E-state index in [1.807, 2.05) is 275 Å². The maximum Gasteiger partial charge on any atom is 0.135 e. The molecular weight excluding hydrogens is 2550 g/mol. The molecule has 25 aromatic rings. The first-order valence-corrected chi connectivity index (χ1v) is 48.0. The average Bonchev–Trinajstić information content (AvgIpc) is 1.52. The summed E-state index contributed by atoms with van der Waals surface area (Å²) < 4.78 is 13.4. The summed E-state index contributed by atoms with van der Waals surface area (Å²) in [5, 5.41) is 19.7. The summed E-state index contributed by atoms with van der Waals surface area (Å²) in [6, 6.07) is 179. The van der Waals surface area contributed by atoms with Crippen LogP contribution in [0.2, 0.25) is 0 Å². The number of fused-ring (bicyclic) bond motifs is 3. The van der Waals surface area contributed by atoms with Crippen LogP contribution in [-0.4, -0.2) is 59.1 Å². The van der Waals surface area contributed by atoms with Crippen LogP contribution in [0.5, 0.6) is 0 Å². The summed E-state index contributed by atoms with van der Waals surface area (Å²) in [6.45, 7) is 10.5. The Labute approximate surface area is 931 Å². The molecule has 0 spiro atoms. The van der Waals surface area contributed by atoms with Gasteiger partial charge in [-0.1, -0.05) is 231 Å². The molecule has 9 aromatic heterocycles. The SMILES string of the molecule is Cc1c[c-]c(-c2ccccn2)cc1.Cc1cc(-c2ccccc2)cc(C)c1-c1cc[c-]c(-n2cccn2)c1.Cc1cc(C)n(-c2[c-]ccc(-c3ccc(-c4ccccc4)cc3)c2)n1.[Ir].[Ir].[Ir].[Ir].[c-]1ccc(-c2ccc(-c3ccccc3)cc2)cc1-n1cccn1.[c-]1ccc(-c2ccc3c(c2)oc2ccccc23)cc1-n1cccn1.[c-]1ccccc1-c1ccccn1.[c-]1ccccc1-c1ccccn1.[c-]1ccccc1-c1ccccn1. The Hall–Kier alpha value is -16.6. The Balaban J connectivity index is 0.000000137. The largest absolute Gasteiger partial charge is 0.456 e. The molecule has 17 heteroatoms.